The summed E-state index contributed by atoms with van der Waals surface area (Å²) in [5, 5.41) is 5.76. The van der Waals surface area contributed by atoms with Crippen molar-refractivity contribution in [3.05, 3.63) is 65.2 Å². The Labute approximate surface area is 139 Å². The van der Waals surface area contributed by atoms with Gasteiger partial charge in [-0.05, 0) is 47.6 Å². The highest BCUT2D eigenvalue weighted by Crippen LogP contribution is 2.16. The van der Waals surface area contributed by atoms with E-state index in [0.29, 0.717) is 12.5 Å². The fourth-order valence-corrected chi connectivity index (χ4v) is 2.39. The van der Waals surface area contributed by atoms with Crippen LogP contribution in [0.4, 0.5) is 10.5 Å². The van der Waals surface area contributed by atoms with Crippen LogP contribution in [0, 0.1) is 0 Å². The summed E-state index contributed by atoms with van der Waals surface area (Å²) in [6.45, 7) is 7.08. The smallest absolute Gasteiger partial charge is 0.319 e. The molecule has 0 saturated carbocycles. The first-order chi connectivity index (χ1) is 11.1. The second-order valence-electron chi connectivity index (χ2n) is 6.08. The zero-order valence-electron chi connectivity index (χ0n) is 14.2. The highest BCUT2D eigenvalue weighted by Gasteiger charge is 2.03. The zero-order chi connectivity index (χ0) is 16.7. The SMILES string of the molecule is CCc1ccc(CCNC(=O)Nc2ccc(C(C)C)cc2)cc1. The van der Waals surface area contributed by atoms with Gasteiger partial charge in [0.25, 0.3) is 0 Å². The van der Waals surface area contributed by atoms with Crippen LogP contribution in [0.15, 0.2) is 48.5 Å². The first-order valence-electron chi connectivity index (χ1n) is 8.31. The number of carbonyl (C=O) groups excluding carboxylic acids is 1. The maximum Gasteiger partial charge on any atom is 0.319 e. The van der Waals surface area contributed by atoms with Crippen molar-refractivity contribution < 1.29 is 4.79 Å². The van der Waals surface area contributed by atoms with Crippen molar-refractivity contribution in [1.82, 2.24) is 5.32 Å². The summed E-state index contributed by atoms with van der Waals surface area (Å²) in [6, 6.07) is 16.4. The average Bonchev–Trinajstić information content (AvgIpc) is 2.56. The number of nitrogens with one attached hydrogen (secondary N) is 2. The second-order valence-corrected chi connectivity index (χ2v) is 6.08. The lowest BCUT2D eigenvalue weighted by atomic mass is 10.0. The van der Waals surface area contributed by atoms with E-state index in [2.05, 4.69) is 67.8 Å². The third kappa shape index (κ3) is 5.44. The molecule has 2 N–H and O–H groups in total. The Kier molecular flexibility index (Phi) is 6.21. The Balaban J connectivity index is 1.76. The van der Waals surface area contributed by atoms with Gasteiger partial charge in [-0.1, -0.05) is 57.2 Å². The summed E-state index contributed by atoms with van der Waals surface area (Å²) in [4.78, 5) is 11.9. The molecule has 0 aliphatic rings. The predicted octanol–water partition coefficient (Wildman–Crippen LogP) is 4.74. The summed E-state index contributed by atoms with van der Waals surface area (Å²) < 4.78 is 0. The molecule has 23 heavy (non-hydrogen) atoms. The molecule has 2 rings (SSSR count). The van der Waals surface area contributed by atoms with Crippen LogP contribution in [0.1, 0.15) is 43.4 Å². The summed E-state index contributed by atoms with van der Waals surface area (Å²) in [5.41, 5.74) is 4.67. The van der Waals surface area contributed by atoms with Gasteiger partial charge in [-0.3, -0.25) is 0 Å². The quantitative estimate of drug-likeness (QED) is 0.795. The molecule has 0 heterocycles. The third-order valence-electron chi connectivity index (χ3n) is 3.97. The molecule has 3 heteroatoms. The minimum atomic E-state index is -0.160. The first kappa shape index (κ1) is 17.1. The lowest BCUT2D eigenvalue weighted by Gasteiger charge is -2.10. The van der Waals surface area contributed by atoms with Crippen molar-refractivity contribution in [2.24, 2.45) is 0 Å². The van der Waals surface area contributed by atoms with E-state index in [9.17, 15) is 4.79 Å². The van der Waals surface area contributed by atoms with Crippen molar-refractivity contribution in [3.8, 4) is 0 Å². The number of anilines is 1. The van der Waals surface area contributed by atoms with Crippen molar-refractivity contribution in [2.75, 3.05) is 11.9 Å². The molecule has 2 aromatic rings. The topological polar surface area (TPSA) is 41.1 Å². The molecule has 0 bridgehead atoms. The molecule has 0 aliphatic carbocycles. The Morgan fingerprint density at radius 3 is 2.13 bits per heavy atom. The highest BCUT2D eigenvalue weighted by molar-refractivity contribution is 5.89. The normalized spacial score (nSPS) is 10.6. The van der Waals surface area contributed by atoms with Crippen molar-refractivity contribution >= 4 is 11.7 Å². The van der Waals surface area contributed by atoms with Gasteiger partial charge < -0.3 is 10.6 Å². The minimum Gasteiger partial charge on any atom is -0.338 e. The largest absolute Gasteiger partial charge is 0.338 e. The van der Waals surface area contributed by atoms with E-state index in [-0.39, 0.29) is 6.03 Å². The van der Waals surface area contributed by atoms with Gasteiger partial charge in [0.15, 0.2) is 0 Å². The number of amides is 2. The fraction of sp³-hybridized carbons (Fsp3) is 0.350. The van der Waals surface area contributed by atoms with Crippen LogP contribution in [0.2, 0.25) is 0 Å². The zero-order valence-corrected chi connectivity index (χ0v) is 14.2. The molecule has 0 spiro atoms. The van der Waals surface area contributed by atoms with Gasteiger partial charge >= 0.3 is 6.03 Å². The fourth-order valence-electron chi connectivity index (χ4n) is 2.39. The van der Waals surface area contributed by atoms with Gasteiger partial charge in [0.2, 0.25) is 0 Å². The van der Waals surface area contributed by atoms with Crippen molar-refractivity contribution in [3.63, 3.8) is 0 Å². The monoisotopic (exact) mass is 310 g/mol. The lowest BCUT2D eigenvalue weighted by Crippen LogP contribution is -2.30. The van der Waals surface area contributed by atoms with Gasteiger partial charge in [-0.15, -0.1) is 0 Å². The molecule has 0 fully saturated rings. The number of benzene rings is 2. The lowest BCUT2D eigenvalue weighted by molar-refractivity contribution is 0.252. The van der Waals surface area contributed by atoms with E-state index >= 15 is 0 Å². The number of rotatable bonds is 6. The van der Waals surface area contributed by atoms with Crippen LogP contribution in [0.5, 0.6) is 0 Å². The Hall–Kier alpha value is -2.29. The van der Waals surface area contributed by atoms with Gasteiger partial charge in [0.05, 0.1) is 0 Å². The number of hydrogen-bond acceptors (Lipinski definition) is 1. The number of urea groups is 1. The molecule has 3 nitrogen and oxygen atoms in total. The third-order valence-corrected chi connectivity index (χ3v) is 3.97. The van der Waals surface area contributed by atoms with Crippen LogP contribution >= 0.6 is 0 Å². The van der Waals surface area contributed by atoms with Crippen LogP contribution in [0.25, 0.3) is 0 Å². The van der Waals surface area contributed by atoms with Crippen molar-refractivity contribution in [1.29, 1.82) is 0 Å². The molecular weight excluding hydrogens is 284 g/mol. The molecule has 0 unspecified atom stereocenters. The van der Waals surface area contributed by atoms with E-state index in [4.69, 9.17) is 0 Å². The Morgan fingerprint density at radius 1 is 0.957 bits per heavy atom. The highest BCUT2D eigenvalue weighted by atomic mass is 16.2. The van der Waals surface area contributed by atoms with Gasteiger partial charge in [0.1, 0.15) is 0 Å². The van der Waals surface area contributed by atoms with E-state index < -0.39 is 0 Å². The molecule has 2 amide bonds. The molecule has 0 radical (unpaired) electrons. The van der Waals surface area contributed by atoms with Crippen molar-refractivity contribution in [2.45, 2.75) is 39.5 Å². The Bertz CT molecular complexity index is 615. The maximum absolute atomic E-state index is 11.9. The van der Waals surface area contributed by atoms with Crippen LogP contribution in [-0.2, 0) is 12.8 Å². The molecule has 2 aromatic carbocycles. The summed E-state index contributed by atoms with van der Waals surface area (Å²) >= 11 is 0. The molecule has 0 aliphatic heterocycles. The molecule has 122 valence electrons. The Morgan fingerprint density at radius 2 is 1.57 bits per heavy atom. The van der Waals surface area contributed by atoms with Crippen LogP contribution in [0.3, 0.4) is 0 Å². The maximum atomic E-state index is 11.9. The second kappa shape index (κ2) is 8.37. The molecule has 0 saturated heterocycles. The summed E-state index contributed by atoms with van der Waals surface area (Å²) in [5.74, 6) is 0.497. The van der Waals surface area contributed by atoms with Crippen LogP contribution in [-0.4, -0.2) is 12.6 Å². The summed E-state index contributed by atoms with van der Waals surface area (Å²) in [7, 11) is 0. The molecular formula is C20H26N2O. The average molecular weight is 310 g/mol. The number of carbonyl (C=O) groups is 1. The molecule has 0 aromatic heterocycles. The number of hydrogen-bond donors (Lipinski definition) is 2. The predicted molar refractivity (Wildman–Crippen MR) is 97.1 cm³/mol. The molecule has 0 atom stereocenters. The van der Waals surface area contributed by atoms with Gasteiger partial charge in [-0.2, -0.15) is 0 Å². The van der Waals surface area contributed by atoms with E-state index in [1.165, 1.54) is 16.7 Å². The van der Waals surface area contributed by atoms with E-state index in [1.54, 1.807) is 0 Å². The number of aryl methyl sites for hydroxylation is 1. The first-order valence-corrected chi connectivity index (χ1v) is 8.31. The van der Waals surface area contributed by atoms with Gasteiger partial charge in [0, 0.05) is 12.2 Å². The van der Waals surface area contributed by atoms with Gasteiger partial charge in [-0.25, -0.2) is 4.79 Å². The standard InChI is InChI=1S/C20H26N2O/c1-4-16-5-7-17(8-6-16)13-14-21-20(23)22-19-11-9-18(10-12-19)15(2)3/h5-12,15H,4,13-14H2,1-3H3,(H2,21,22,23). The van der Waals surface area contributed by atoms with E-state index in [0.717, 1.165) is 18.5 Å². The van der Waals surface area contributed by atoms with E-state index in [1.807, 2.05) is 12.1 Å². The van der Waals surface area contributed by atoms with Crippen LogP contribution < -0.4 is 10.6 Å². The minimum absolute atomic E-state index is 0.160. The summed E-state index contributed by atoms with van der Waals surface area (Å²) in [6.07, 6.45) is 1.89.